The lowest BCUT2D eigenvalue weighted by Gasteiger charge is -2.13. The summed E-state index contributed by atoms with van der Waals surface area (Å²) >= 11 is 5.05. The summed E-state index contributed by atoms with van der Waals surface area (Å²) in [6.07, 6.45) is 8.06. The average molecular weight is 586 g/mol. The quantitative estimate of drug-likeness (QED) is 0.263. The molecule has 0 spiro atoms. The Balaban J connectivity index is 1.69. The van der Waals surface area contributed by atoms with Crippen molar-refractivity contribution in [2.24, 2.45) is 4.99 Å². The van der Waals surface area contributed by atoms with E-state index in [4.69, 9.17) is 19.6 Å². The molecular formula is C28H29BrN2O5S. The second kappa shape index (κ2) is 12.9. The molecule has 37 heavy (non-hydrogen) atoms. The Morgan fingerprint density at radius 2 is 1.86 bits per heavy atom. The molecule has 1 aromatic heterocycles. The molecule has 1 aliphatic rings. The van der Waals surface area contributed by atoms with Crippen LogP contribution in [0.3, 0.4) is 0 Å². The molecule has 0 bridgehead atoms. The van der Waals surface area contributed by atoms with Crippen LogP contribution in [-0.2, 0) is 17.6 Å². The van der Waals surface area contributed by atoms with Gasteiger partial charge in [0.1, 0.15) is 5.00 Å². The maximum absolute atomic E-state index is 13.5. The number of rotatable bonds is 9. The summed E-state index contributed by atoms with van der Waals surface area (Å²) in [6.45, 7) is 1.75. The van der Waals surface area contributed by atoms with Gasteiger partial charge in [-0.2, -0.15) is 0 Å². The van der Waals surface area contributed by atoms with Gasteiger partial charge in [0.15, 0.2) is 18.1 Å². The molecule has 0 aliphatic heterocycles. The summed E-state index contributed by atoms with van der Waals surface area (Å²) in [5.74, 6) is -0.483. The van der Waals surface area contributed by atoms with E-state index < -0.39 is 12.6 Å². The molecule has 0 fully saturated rings. The number of para-hydroxylation sites is 1. The Morgan fingerprint density at radius 1 is 1.11 bits per heavy atom. The highest BCUT2D eigenvalue weighted by atomic mass is 79.9. The maximum Gasteiger partial charge on any atom is 0.341 e. The van der Waals surface area contributed by atoms with Crippen LogP contribution < -0.4 is 14.8 Å². The minimum absolute atomic E-state index is 0.148. The summed E-state index contributed by atoms with van der Waals surface area (Å²) in [5, 5.41) is 12.7. The SMILES string of the molecule is CCOc1cc(C=Nc2sc3c(c2C(=O)Nc2ccccc2)CCCCCC3)cc(Br)c1OCC(=O)O. The van der Waals surface area contributed by atoms with Crippen molar-refractivity contribution in [3.8, 4) is 11.5 Å². The molecule has 1 amide bonds. The van der Waals surface area contributed by atoms with E-state index in [9.17, 15) is 9.59 Å². The van der Waals surface area contributed by atoms with Crippen LogP contribution in [0.4, 0.5) is 10.7 Å². The zero-order chi connectivity index (χ0) is 26.2. The van der Waals surface area contributed by atoms with Crippen molar-refractivity contribution in [1.82, 2.24) is 0 Å². The van der Waals surface area contributed by atoms with Crippen molar-refractivity contribution >= 4 is 56.0 Å². The highest BCUT2D eigenvalue weighted by Gasteiger charge is 2.24. The van der Waals surface area contributed by atoms with Crippen LogP contribution in [0.1, 0.15) is 59.0 Å². The van der Waals surface area contributed by atoms with E-state index in [0.717, 1.165) is 48.9 Å². The lowest BCUT2D eigenvalue weighted by molar-refractivity contribution is -0.139. The Kier molecular flexibility index (Phi) is 9.35. The third-order valence-electron chi connectivity index (χ3n) is 5.91. The molecule has 0 saturated heterocycles. The van der Waals surface area contributed by atoms with Gasteiger partial charge in [0, 0.05) is 16.8 Å². The van der Waals surface area contributed by atoms with E-state index in [1.54, 1.807) is 29.7 Å². The fourth-order valence-corrected chi connectivity index (χ4v) is 6.08. The number of nitrogens with one attached hydrogen (secondary N) is 1. The standard InChI is InChI=1S/C28H29BrN2O5S/c1-2-35-22-15-18(14-21(29)26(22)36-17-24(32)33)16-30-28-25(27(34)31-19-10-6-5-7-11-19)20-12-8-3-4-9-13-23(20)37-28/h5-7,10-11,14-16H,2-4,8-9,12-13,17H2,1H3,(H,31,34)(H,32,33). The Labute approximate surface area is 228 Å². The van der Waals surface area contributed by atoms with Gasteiger partial charge < -0.3 is 19.9 Å². The molecule has 2 N–H and O–H groups in total. The average Bonchev–Trinajstić information content (AvgIpc) is 3.19. The van der Waals surface area contributed by atoms with Gasteiger partial charge in [-0.25, -0.2) is 9.79 Å². The number of halogens is 1. The van der Waals surface area contributed by atoms with Crippen molar-refractivity contribution in [2.75, 3.05) is 18.5 Å². The number of aliphatic carboxylic acids is 1. The first-order valence-corrected chi connectivity index (χ1v) is 13.9. The zero-order valence-electron chi connectivity index (χ0n) is 20.6. The van der Waals surface area contributed by atoms with Crippen LogP contribution in [0.15, 0.2) is 51.9 Å². The number of aliphatic imine (C=N–C) groups is 1. The van der Waals surface area contributed by atoms with E-state index in [2.05, 4.69) is 21.2 Å². The molecule has 1 aliphatic carbocycles. The lowest BCUT2D eigenvalue weighted by Crippen LogP contribution is -2.14. The molecule has 0 saturated carbocycles. The number of carboxylic acid groups (broad SMARTS) is 1. The number of hydrogen-bond donors (Lipinski definition) is 2. The van der Waals surface area contributed by atoms with Gasteiger partial charge in [0.2, 0.25) is 0 Å². The number of carbonyl (C=O) groups is 2. The van der Waals surface area contributed by atoms with Gasteiger partial charge in [-0.1, -0.05) is 31.0 Å². The zero-order valence-corrected chi connectivity index (χ0v) is 23.0. The molecule has 4 rings (SSSR count). The highest BCUT2D eigenvalue weighted by molar-refractivity contribution is 9.10. The Morgan fingerprint density at radius 3 is 2.59 bits per heavy atom. The minimum Gasteiger partial charge on any atom is -0.490 e. The third kappa shape index (κ3) is 6.99. The molecule has 1 heterocycles. The van der Waals surface area contributed by atoms with Gasteiger partial charge >= 0.3 is 5.97 Å². The van der Waals surface area contributed by atoms with E-state index in [1.165, 1.54) is 11.3 Å². The largest absolute Gasteiger partial charge is 0.490 e. The molecule has 9 heteroatoms. The van der Waals surface area contributed by atoms with Crippen molar-refractivity contribution in [3.05, 3.63) is 68.5 Å². The summed E-state index contributed by atoms with van der Waals surface area (Å²) in [7, 11) is 0. The first-order chi connectivity index (χ1) is 18.0. The molecule has 0 radical (unpaired) electrons. The van der Waals surface area contributed by atoms with E-state index in [0.29, 0.717) is 33.1 Å². The number of amides is 1. The smallest absolute Gasteiger partial charge is 0.341 e. The second-order valence-electron chi connectivity index (χ2n) is 8.62. The summed E-state index contributed by atoms with van der Waals surface area (Å²) in [5.41, 5.74) is 3.23. The molecule has 194 valence electrons. The number of thiophene rings is 1. The number of hydrogen-bond acceptors (Lipinski definition) is 6. The van der Waals surface area contributed by atoms with Crippen LogP contribution >= 0.6 is 27.3 Å². The second-order valence-corrected chi connectivity index (χ2v) is 10.6. The summed E-state index contributed by atoms with van der Waals surface area (Å²) in [6, 6.07) is 13.0. The van der Waals surface area contributed by atoms with E-state index >= 15 is 0 Å². The van der Waals surface area contributed by atoms with Gasteiger partial charge in [-0.3, -0.25) is 4.79 Å². The summed E-state index contributed by atoms with van der Waals surface area (Å²) < 4.78 is 11.7. The topological polar surface area (TPSA) is 97.2 Å². The molecule has 7 nitrogen and oxygen atoms in total. The fourth-order valence-electron chi connectivity index (χ4n) is 4.28. The molecule has 0 unspecified atom stereocenters. The van der Waals surface area contributed by atoms with Gasteiger partial charge in [0.25, 0.3) is 5.91 Å². The number of carbonyl (C=O) groups excluding carboxylic acids is 1. The number of benzene rings is 2. The van der Waals surface area contributed by atoms with Gasteiger partial charge in [0.05, 0.1) is 16.6 Å². The number of nitrogens with zero attached hydrogens (tertiary/aromatic N) is 1. The van der Waals surface area contributed by atoms with Crippen molar-refractivity contribution in [3.63, 3.8) is 0 Å². The molecule has 2 aromatic carbocycles. The fraction of sp³-hybridized carbons (Fsp3) is 0.321. The predicted octanol–water partition coefficient (Wildman–Crippen LogP) is 7.03. The maximum atomic E-state index is 13.5. The van der Waals surface area contributed by atoms with Crippen LogP contribution in [-0.4, -0.2) is 36.4 Å². The van der Waals surface area contributed by atoms with Gasteiger partial charge in [-0.05, 0) is 83.9 Å². The van der Waals surface area contributed by atoms with Crippen LogP contribution in [0, 0.1) is 0 Å². The van der Waals surface area contributed by atoms with Gasteiger partial charge in [-0.15, -0.1) is 11.3 Å². The predicted molar refractivity (Wildman–Crippen MR) is 150 cm³/mol. The number of ether oxygens (including phenoxy) is 2. The van der Waals surface area contributed by atoms with Crippen molar-refractivity contribution in [2.45, 2.75) is 45.4 Å². The molecule has 3 aromatic rings. The van der Waals surface area contributed by atoms with E-state index in [1.807, 2.05) is 37.3 Å². The first kappa shape index (κ1) is 26.9. The minimum atomic E-state index is -1.07. The normalized spacial score (nSPS) is 13.5. The van der Waals surface area contributed by atoms with Crippen LogP contribution in [0.2, 0.25) is 0 Å². The first-order valence-electron chi connectivity index (χ1n) is 12.3. The number of fused-ring (bicyclic) bond motifs is 1. The number of anilines is 1. The summed E-state index contributed by atoms with van der Waals surface area (Å²) in [4.78, 5) is 30.5. The van der Waals surface area contributed by atoms with E-state index in [-0.39, 0.29) is 5.91 Å². The van der Waals surface area contributed by atoms with Crippen LogP contribution in [0.25, 0.3) is 0 Å². The van der Waals surface area contributed by atoms with Crippen molar-refractivity contribution < 1.29 is 24.2 Å². The van der Waals surface area contributed by atoms with Crippen molar-refractivity contribution in [1.29, 1.82) is 0 Å². The Bertz CT molecular complexity index is 1290. The molecule has 0 atom stereocenters. The third-order valence-corrected chi connectivity index (χ3v) is 7.70. The Hall–Kier alpha value is -3.17. The molecular weight excluding hydrogens is 556 g/mol. The monoisotopic (exact) mass is 584 g/mol. The highest BCUT2D eigenvalue weighted by Crippen LogP contribution is 2.40. The van der Waals surface area contributed by atoms with Crippen LogP contribution in [0.5, 0.6) is 11.5 Å². The number of carboxylic acids is 1. The lowest BCUT2D eigenvalue weighted by atomic mass is 9.96. The number of aryl methyl sites for hydroxylation is 1.